The second-order valence-corrected chi connectivity index (χ2v) is 8.80. The average Bonchev–Trinajstić information content (AvgIpc) is 2.82. The van der Waals surface area contributed by atoms with E-state index in [4.69, 9.17) is 16.3 Å². The molecule has 33 heavy (non-hydrogen) atoms. The summed E-state index contributed by atoms with van der Waals surface area (Å²) in [4.78, 5) is 15.2. The van der Waals surface area contributed by atoms with Crippen LogP contribution in [0, 0.1) is 5.92 Å². The number of hydrogen-bond donors (Lipinski definition) is 2. The van der Waals surface area contributed by atoms with Crippen molar-refractivity contribution < 1.29 is 14.6 Å². The SMILES string of the molecule is CCOc1cc(CN2CCC(C(=O)Nc3cccc(-c4cccc(Cl)c4)c3)CC2)ccc1O. The maximum Gasteiger partial charge on any atom is 0.227 e. The van der Waals surface area contributed by atoms with Gasteiger partial charge in [0.15, 0.2) is 11.5 Å². The smallest absolute Gasteiger partial charge is 0.227 e. The zero-order chi connectivity index (χ0) is 23.2. The highest BCUT2D eigenvalue weighted by molar-refractivity contribution is 6.30. The largest absolute Gasteiger partial charge is 0.504 e. The molecule has 1 amide bonds. The van der Waals surface area contributed by atoms with Gasteiger partial charge in [0, 0.05) is 23.2 Å². The van der Waals surface area contributed by atoms with E-state index in [1.807, 2.05) is 67.6 Å². The van der Waals surface area contributed by atoms with Crippen LogP contribution in [0.3, 0.4) is 0 Å². The molecule has 172 valence electrons. The minimum Gasteiger partial charge on any atom is -0.504 e. The van der Waals surface area contributed by atoms with Gasteiger partial charge in [-0.05, 0) is 85.9 Å². The molecule has 3 aromatic carbocycles. The average molecular weight is 465 g/mol. The van der Waals surface area contributed by atoms with Crippen molar-refractivity contribution in [2.45, 2.75) is 26.3 Å². The third-order valence-electron chi connectivity index (χ3n) is 5.98. The fourth-order valence-electron chi connectivity index (χ4n) is 4.23. The number of amides is 1. The summed E-state index contributed by atoms with van der Waals surface area (Å²) in [6.07, 6.45) is 1.63. The van der Waals surface area contributed by atoms with E-state index in [0.29, 0.717) is 17.4 Å². The highest BCUT2D eigenvalue weighted by atomic mass is 35.5. The molecule has 2 N–H and O–H groups in total. The molecule has 0 bridgehead atoms. The lowest BCUT2D eigenvalue weighted by Gasteiger charge is -2.31. The van der Waals surface area contributed by atoms with Crippen LogP contribution in [0.15, 0.2) is 66.7 Å². The fourth-order valence-corrected chi connectivity index (χ4v) is 4.42. The first-order chi connectivity index (χ1) is 16.0. The highest BCUT2D eigenvalue weighted by Gasteiger charge is 2.25. The Morgan fingerprint density at radius 1 is 1.06 bits per heavy atom. The second kappa shape index (κ2) is 10.7. The summed E-state index contributed by atoms with van der Waals surface area (Å²) >= 11 is 6.12. The monoisotopic (exact) mass is 464 g/mol. The Bertz CT molecular complexity index is 1110. The van der Waals surface area contributed by atoms with Crippen LogP contribution in [0.1, 0.15) is 25.3 Å². The highest BCUT2D eigenvalue weighted by Crippen LogP contribution is 2.29. The van der Waals surface area contributed by atoms with Gasteiger partial charge >= 0.3 is 0 Å². The number of phenolic OH excluding ortho intramolecular Hbond substituents is 1. The second-order valence-electron chi connectivity index (χ2n) is 8.37. The fraction of sp³-hybridized carbons (Fsp3) is 0.296. The number of piperidine rings is 1. The molecule has 5 nitrogen and oxygen atoms in total. The topological polar surface area (TPSA) is 61.8 Å². The normalized spacial score (nSPS) is 14.7. The first-order valence-corrected chi connectivity index (χ1v) is 11.7. The molecule has 1 aliphatic heterocycles. The number of anilines is 1. The number of rotatable bonds is 7. The number of nitrogens with zero attached hydrogens (tertiary/aromatic N) is 1. The van der Waals surface area contributed by atoms with Gasteiger partial charge in [-0.25, -0.2) is 0 Å². The van der Waals surface area contributed by atoms with Crippen LogP contribution < -0.4 is 10.1 Å². The minimum absolute atomic E-state index is 0.00474. The van der Waals surface area contributed by atoms with E-state index in [1.165, 1.54) is 0 Å². The maximum absolute atomic E-state index is 12.9. The molecule has 4 rings (SSSR count). The van der Waals surface area contributed by atoms with Crippen LogP contribution in [0.25, 0.3) is 11.1 Å². The molecule has 1 aliphatic rings. The van der Waals surface area contributed by atoms with Crippen molar-refractivity contribution in [1.82, 2.24) is 4.90 Å². The van der Waals surface area contributed by atoms with Crippen molar-refractivity contribution in [2.75, 3.05) is 25.0 Å². The number of carbonyl (C=O) groups excluding carboxylic acids is 1. The van der Waals surface area contributed by atoms with Crippen molar-refractivity contribution in [3.05, 3.63) is 77.3 Å². The summed E-state index contributed by atoms with van der Waals surface area (Å²) in [5, 5.41) is 13.7. The van der Waals surface area contributed by atoms with E-state index in [2.05, 4.69) is 10.2 Å². The number of halogens is 1. The van der Waals surface area contributed by atoms with Crippen molar-refractivity contribution in [3.63, 3.8) is 0 Å². The minimum atomic E-state index is -0.00474. The Kier molecular flexibility index (Phi) is 7.53. The number of carbonyl (C=O) groups is 1. The summed E-state index contributed by atoms with van der Waals surface area (Å²) in [5.41, 5.74) is 3.93. The van der Waals surface area contributed by atoms with E-state index in [0.717, 1.165) is 54.9 Å². The predicted octanol–water partition coefficient (Wildman–Crippen LogP) is 5.96. The summed E-state index contributed by atoms with van der Waals surface area (Å²) in [7, 11) is 0. The molecule has 0 radical (unpaired) electrons. The van der Waals surface area contributed by atoms with Crippen LogP contribution in [-0.4, -0.2) is 35.6 Å². The van der Waals surface area contributed by atoms with Crippen LogP contribution in [0.2, 0.25) is 5.02 Å². The van der Waals surface area contributed by atoms with Crippen molar-refractivity contribution >= 4 is 23.2 Å². The van der Waals surface area contributed by atoms with Gasteiger partial charge in [0.1, 0.15) is 0 Å². The van der Waals surface area contributed by atoms with E-state index in [9.17, 15) is 9.90 Å². The van der Waals surface area contributed by atoms with Gasteiger partial charge in [-0.15, -0.1) is 0 Å². The Morgan fingerprint density at radius 2 is 1.79 bits per heavy atom. The van der Waals surface area contributed by atoms with Gasteiger partial charge < -0.3 is 15.2 Å². The molecule has 1 saturated heterocycles. The molecule has 0 aliphatic carbocycles. The Labute approximate surface area is 200 Å². The van der Waals surface area contributed by atoms with E-state index in [-0.39, 0.29) is 17.6 Å². The zero-order valence-electron chi connectivity index (χ0n) is 18.8. The van der Waals surface area contributed by atoms with Crippen LogP contribution in [0.5, 0.6) is 11.5 Å². The molecule has 0 saturated carbocycles. The third kappa shape index (κ3) is 6.06. The van der Waals surface area contributed by atoms with E-state index < -0.39 is 0 Å². The molecule has 0 aromatic heterocycles. The molecule has 1 fully saturated rings. The van der Waals surface area contributed by atoms with Gasteiger partial charge in [-0.3, -0.25) is 9.69 Å². The molecule has 6 heteroatoms. The number of phenols is 1. The zero-order valence-corrected chi connectivity index (χ0v) is 19.5. The van der Waals surface area contributed by atoms with Crippen LogP contribution in [-0.2, 0) is 11.3 Å². The van der Waals surface area contributed by atoms with Crippen molar-refractivity contribution in [2.24, 2.45) is 5.92 Å². The number of likely N-dealkylation sites (tertiary alicyclic amines) is 1. The summed E-state index contributed by atoms with van der Waals surface area (Å²) in [6.45, 7) is 4.89. The van der Waals surface area contributed by atoms with Gasteiger partial charge in [-0.1, -0.05) is 41.9 Å². The first-order valence-electron chi connectivity index (χ1n) is 11.4. The molecular formula is C27H29ClN2O3. The predicted molar refractivity (Wildman–Crippen MR) is 133 cm³/mol. The maximum atomic E-state index is 12.9. The Hall–Kier alpha value is -3.02. The van der Waals surface area contributed by atoms with Gasteiger partial charge in [0.2, 0.25) is 5.91 Å². The summed E-state index contributed by atoms with van der Waals surface area (Å²) < 4.78 is 5.49. The van der Waals surface area contributed by atoms with Gasteiger partial charge in [0.05, 0.1) is 6.61 Å². The number of hydrogen-bond acceptors (Lipinski definition) is 4. The third-order valence-corrected chi connectivity index (χ3v) is 6.21. The summed E-state index contributed by atoms with van der Waals surface area (Å²) in [6, 6.07) is 21.1. The van der Waals surface area contributed by atoms with E-state index in [1.54, 1.807) is 6.07 Å². The lowest BCUT2D eigenvalue weighted by molar-refractivity contribution is -0.121. The first kappa shape index (κ1) is 23.1. The molecule has 0 atom stereocenters. The quantitative estimate of drug-likeness (QED) is 0.452. The van der Waals surface area contributed by atoms with Gasteiger partial charge in [0.25, 0.3) is 0 Å². The Morgan fingerprint density at radius 3 is 2.52 bits per heavy atom. The number of nitrogens with one attached hydrogen (secondary N) is 1. The number of benzene rings is 3. The number of aromatic hydroxyl groups is 1. The van der Waals surface area contributed by atoms with Crippen LogP contribution in [0.4, 0.5) is 5.69 Å². The molecular weight excluding hydrogens is 436 g/mol. The Balaban J connectivity index is 1.32. The summed E-state index contributed by atoms with van der Waals surface area (Å²) in [5.74, 6) is 0.746. The molecule has 0 spiro atoms. The standard InChI is InChI=1S/C27H29ClN2O3/c1-2-33-26-15-19(9-10-25(26)31)18-30-13-11-20(12-14-30)27(32)29-24-8-4-6-22(17-24)21-5-3-7-23(28)16-21/h3-10,15-17,20,31H,2,11-14,18H2,1H3,(H,29,32). The molecule has 0 unspecified atom stereocenters. The van der Waals surface area contributed by atoms with Crippen LogP contribution >= 0.6 is 11.6 Å². The van der Waals surface area contributed by atoms with E-state index >= 15 is 0 Å². The van der Waals surface area contributed by atoms with Crippen molar-refractivity contribution in [1.29, 1.82) is 0 Å². The lowest BCUT2D eigenvalue weighted by atomic mass is 9.95. The molecule has 1 heterocycles. The number of ether oxygens (including phenoxy) is 1. The van der Waals surface area contributed by atoms with Gasteiger partial charge in [-0.2, -0.15) is 0 Å². The molecule has 3 aromatic rings. The lowest BCUT2D eigenvalue weighted by Crippen LogP contribution is -2.37. The van der Waals surface area contributed by atoms with Crippen molar-refractivity contribution in [3.8, 4) is 22.6 Å².